The van der Waals surface area contributed by atoms with Gasteiger partial charge < -0.3 is 5.32 Å². The van der Waals surface area contributed by atoms with Gasteiger partial charge in [0.2, 0.25) is 0 Å². The van der Waals surface area contributed by atoms with E-state index in [2.05, 4.69) is 24.1 Å². The van der Waals surface area contributed by atoms with Crippen LogP contribution >= 0.6 is 0 Å². The van der Waals surface area contributed by atoms with Crippen LogP contribution in [0.2, 0.25) is 0 Å². The number of nitrogens with one attached hydrogen (secondary N) is 1. The lowest BCUT2D eigenvalue weighted by molar-refractivity contribution is 0.131. The van der Waals surface area contributed by atoms with Crippen LogP contribution in [0.5, 0.6) is 0 Å². The molecular formula is C12H24N2. The van der Waals surface area contributed by atoms with Gasteiger partial charge in [0.1, 0.15) is 0 Å². The molecule has 2 fully saturated rings. The molecule has 1 aliphatic heterocycles. The topological polar surface area (TPSA) is 15.3 Å². The molecule has 1 aliphatic carbocycles. The van der Waals surface area contributed by atoms with Crippen LogP contribution in [-0.2, 0) is 0 Å². The first-order chi connectivity index (χ1) is 6.81. The number of hydrogen-bond acceptors (Lipinski definition) is 2. The van der Waals surface area contributed by atoms with Crippen molar-refractivity contribution < 1.29 is 0 Å². The van der Waals surface area contributed by atoms with Crippen LogP contribution in [0.15, 0.2) is 0 Å². The molecule has 1 N–H and O–H groups in total. The average molecular weight is 196 g/mol. The molecule has 82 valence electrons. The van der Waals surface area contributed by atoms with Crippen LogP contribution in [0, 0.1) is 11.8 Å². The maximum Gasteiger partial charge on any atom is 0.0218 e. The molecule has 2 atom stereocenters. The Kier molecular flexibility index (Phi) is 3.45. The Hall–Kier alpha value is -0.0800. The van der Waals surface area contributed by atoms with Gasteiger partial charge in [-0.1, -0.05) is 13.8 Å². The first kappa shape index (κ1) is 10.4. The Labute approximate surface area is 88.1 Å². The molecule has 0 amide bonds. The van der Waals surface area contributed by atoms with Gasteiger partial charge in [-0.15, -0.1) is 0 Å². The van der Waals surface area contributed by atoms with E-state index in [9.17, 15) is 0 Å². The van der Waals surface area contributed by atoms with Gasteiger partial charge in [0.05, 0.1) is 0 Å². The lowest BCUT2D eigenvalue weighted by Gasteiger charge is -2.37. The minimum atomic E-state index is 0.796. The predicted octanol–water partition coefficient (Wildman–Crippen LogP) is 1.72. The molecule has 0 aromatic rings. The summed E-state index contributed by atoms with van der Waals surface area (Å²) in [5.41, 5.74) is 0. The van der Waals surface area contributed by atoms with E-state index in [1.807, 2.05) is 0 Å². The minimum Gasteiger partial charge on any atom is -0.314 e. The highest BCUT2D eigenvalue weighted by Gasteiger charge is 2.31. The first-order valence-corrected chi connectivity index (χ1v) is 6.26. The predicted molar refractivity (Wildman–Crippen MR) is 60.4 cm³/mol. The van der Waals surface area contributed by atoms with Gasteiger partial charge >= 0.3 is 0 Å². The highest BCUT2D eigenvalue weighted by atomic mass is 15.2. The SMILES string of the molecule is CCC1CNCCN1CC(C)C1CC1. The van der Waals surface area contributed by atoms with Crippen LogP contribution in [-0.4, -0.2) is 37.1 Å². The average Bonchev–Trinajstić information content (AvgIpc) is 3.02. The van der Waals surface area contributed by atoms with E-state index >= 15 is 0 Å². The molecule has 2 unspecified atom stereocenters. The molecule has 14 heavy (non-hydrogen) atoms. The monoisotopic (exact) mass is 196 g/mol. The molecule has 0 radical (unpaired) electrons. The van der Waals surface area contributed by atoms with E-state index in [-0.39, 0.29) is 0 Å². The third kappa shape index (κ3) is 2.48. The van der Waals surface area contributed by atoms with Gasteiger partial charge in [0.25, 0.3) is 0 Å². The fourth-order valence-electron chi connectivity index (χ4n) is 2.63. The zero-order valence-electron chi connectivity index (χ0n) is 9.63. The van der Waals surface area contributed by atoms with Gasteiger partial charge in [-0.2, -0.15) is 0 Å². The van der Waals surface area contributed by atoms with Crippen molar-refractivity contribution in [1.82, 2.24) is 10.2 Å². The molecule has 2 aliphatic rings. The van der Waals surface area contributed by atoms with E-state index in [1.165, 1.54) is 45.4 Å². The van der Waals surface area contributed by atoms with E-state index < -0.39 is 0 Å². The summed E-state index contributed by atoms with van der Waals surface area (Å²) in [6.45, 7) is 9.74. The Balaban J connectivity index is 1.80. The number of hydrogen-bond donors (Lipinski definition) is 1. The second-order valence-corrected chi connectivity index (χ2v) is 5.08. The van der Waals surface area contributed by atoms with Crippen LogP contribution in [0.4, 0.5) is 0 Å². The van der Waals surface area contributed by atoms with Crippen LogP contribution in [0.3, 0.4) is 0 Å². The minimum absolute atomic E-state index is 0.796. The Morgan fingerprint density at radius 3 is 2.86 bits per heavy atom. The van der Waals surface area contributed by atoms with Crippen LogP contribution in [0.25, 0.3) is 0 Å². The molecule has 1 heterocycles. The van der Waals surface area contributed by atoms with Crippen LogP contribution < -0.4 is 5.32 Å². The number of rotatable bonds is 4. The molecule has 0 aromatic carbocycles. The van der Waals surface area contributed by atoms with Gasteiger partial charge in [-0.3, -0.25) is 4.90 Å². The fraction of sp³-hybridized carbons (Fsp3) is 1.00. The Morgan fingerprint density at radius 2 is 2.21 bits per heavy atom. The van der Waals surface area contributed by atoms with Crippen molar-refractivity contribution in [3.8, 4) is 0 Å². The van der Waals surface area contributed by atoms with E-state index in [1.54, 1.807) is 0 Å². The van der Waals surface area contributed by atoms with Gasteiger partial charge in [0, 0.05) is 32.2 Å². The Morgan fingerprint density at radius 1 is 1.43 bits per heavy atom. The summed E-state index contributed by atoms with van der Waals surface area (Å²) in [6.07, 6.45) is 4.28. The summed E-state index contributed by atoms with van der Waals surface area (Å²) in [7, 11) is 0. The molecule has 1 saturated heterocycles. The number of nitrogens with zero attached hydrogens (tertiary/aromatic N) is 1. The van der Waals surface area contributed by atoms with Crippen molar-refractivity contribution in [3.05, 3.63) is 0 Å². The summed E-state index contributed by atoms with van der Waals surface area (Å²) in [4.78, 5) is 2.71. The molecule has 0 spiro atoms. The first-order valence-electron chi connectivity index (χ1n) is 6.26. The molecule has 0 aromatic heterocycles. The lowest BCUT2D eigenvalue weighted by Crippen LogP contribution is -2.52. The molecule has 1 saturated carbocycles. The smallest absolute Gasteiger partial charge is 0.0218 e. The fourth-order valence-corrected chi connectivity index (χ4v) is 2.63. The summed E-state index contributed by atoms with van der Waals surface area (Å²) in [5, 5.41) is 3.49. The van der Waals surface area contributed by atoms with Gasteiger partial charge in [-0.25, -0.2) is 0 Å². The second-order valence-electron chi connectivity index (χ2n) is 5.08. The third-order valence-electron chi connectivity index (χ3n) is 3.89. The second kappa shape index (κ2) is 4.63. The molecule has 2 heteroatoms. The standard InChI is InChI=1S/C12H24N2/c1-3-12-8-13-6-7-14(12)9-10(2)11-4-5-11/h10-13H,3-9H2,1-2H3. The van der Waals surface area contributed by atoms with E-state index in [0.29, 0.717) is 0 Å². The van der Waals surface area contributed by atoms with Crippen molar-refractivity contribution in [2.24, 2.45) is 11.8 Å². The van der Waals surface area contributed by atoms with Crippen molar-refractivity contribution >= 4 is 0 Å². The summed E-state index contributed by atoms with van der Waals surface area (Å²) >= 11 is 0. The summed E-state index contributed by atoms with van der Waals surface area (Å²) in [6, 6.07) is 0.796. The Bertz CT molecular complexity index is 177. The zero-order chi connectivity index (χ0) is 9.97. The zero-order valence-corrected chi connectivity index (χ0v) is 9.63. The third-order valence-corrected chi connectivity index (χ3v) is 3.89. The van der Waals surface area contributed by atoms with Crippen LogP contribution in [0.1, 0.15) is 33.1 Å². The molecule has 2 nitrogen and oxygen atoms in total. The summed E-state index contributed by atoms with van der Waals surface area (Å²) < 4.78 is 0. The summed E-state index contributed by atoms with van der Waals surface area (Å²) in [5.74, 6) is 1.99. The highest BCUT2D eigenvalue weighted by Crippen LogP contribution is 2.37. The lowest BCUT2D eigenvalue weighted by atomic mass is 10.0. The van der Waals surface area contributed by atoms with Crippen molar-refractivity contribution in [3.63, 3.8) is 0 Å². The quantitative estimate of drug-likeness (QED) is 0.736. The van der Waals surface area contributed by atoms with Gasteiger partial charge in [-0.05, 0) is 31.1 Å². The van der Waals surface area contributed by atoms with Crippen molar-refractivity contribution in [1.29, 1.82) is 0 Å². The van der Waals surface area contributed by atoms with E-state index in [4.69, 9.17) is 0 Å². The van der Waals surface area contributed by atoms with Crippen molar-refractivity contribution in [2.45, 2.75) is 39.2 Å². The normalized spacial score (nSPS) is 31.7. The molecule has 0 bridgehead atoms. The van der Waals surface area contributed by atoms with Gasteiger partial charge in [0.15, 0.2) is 0 Å². The van der Waals surface area contributed by atoms with E-state index in [0.717, 1.165) is 17.9 Å². The maximum atomic E-state index is 3.49. The molecule has 2 rings (SSSR count). The number of piperazine rings is 1. The largest absolute Gasteiger partial charge is 0.314 e. The van der Waals surface area contributed by atoms with Crippen molar-refractivity contribution in [2.75, 3.05) is 26.2 Å². The molecular weight excluding hydrogens is 172 g/mol. The maximum absolute atomic E-state index is 3.49. The highest BCUT2D eigenvalue weighted by molar-refractivity contribution is 4.85.